The van der Waals surface area contributed by atoms with Crippen LogP contribution in [0.2, 0.25) is 0 Å². The van der Waals surface area contributed by atoms with Crippen LogP contribution in [0.3, 0.4) is 0 Å². The molecule has 0 spiro atoms. The van der Waals surface area contributed by atoms with Gasteiger partial charge in [0.05, 0.1) is 12.3 Å². The Labute approximate surface area is 126 Å². The standard InChI is InChI=1S/C18H22N2O/c19-16-10-8-15(9-11-16)5-3-12-20-13-4-14-21-18-7-2-1-6-17(18)20/h1-2,6-11H,3-5,12-14,19H2. The molecule has 0 amide bonds. The summed E-state index contributed by atoms with van der Waals surface area (Å²) in [6.45, 7) is 2.94. The van der Waals surface area contributed by atoms with Gasteiger partial charge in [0.25, 0.3) is 0 Å². The fourth-order valence-electron chi connectivity index (χ4n) is 2.79. The van der Waals surface area contributed by atoms with E-state index in [1.165, 1.54) is 11.3 Å². The molecule has 0 aromatic heterocycles. The summed E-state index contributed by atoms with van der Waals surface area (Å²) >= 11 is 0. The number of nitrogens with zero attached hydrogens (tertiary/aromatic N) is 1. The summed E-state index contributed by atoms with van der Waals surface area (Å²) in [5.41, 5.74) is 9.13. The predicted molar refractivity (Wildman–Crippen MR) is 87.9 cm³/mol. The molecule has 0 fully saturated rings. The lowest BCUT2D eigenvalue weighted by Gasteiger charge is -2.23. The number of nitrogens with two attached hydrogens (primary N) is 1. The lowest BCUT2D eigenvalue weighted by molar-refractivity contribution is 0.322. The van der Waals surface area contributed by atoms with Gasteiger partial charge in [-0.25, -0.2) is 0 Å². The second kappa shape index (κ2) is 6.53. The van der Waals surface area contributed by atoms with Gasteiger partial charge in [0.2, 0.25) is 0 Å². The average Bonchev–Trinajstić information content (AvgIpc) is 2.72. The van der Waals surface area contributed by atoms with Gasteiger partial charge in [-0.05, 0) is 49.1 Å². The number of benzene rings is 2. The van der Waals surface area contributed by atoms with E-state index < -0.39 is 0 Å². The van der Waals surface area contributed by atoms with Crippen LogP contribution in [0.4, 0.5) is 11.4 Å². The first-order chi connectivity index (χ1) is 10.3. The Morgan fingerprint density at radius 2 is 1.86 bits per heavy atom. The molecule has 1 aliphatic heterocycles. The highest BCUT2D eigenvalue weighted by molar-refractivity contribution is 5.58. The van der Waals surface area contributed by atoms with Crippen molar-refractivity contribution < 1.29 is 4.74 Å². The molecule has 1 aliphatic rings. The fraction of sp³-hybridized carbons (Fsp3) is 0.333. The second-order valence-corrected chi connectivity index (χ2v) is 5.50. The molecule has 1 heterocycles. The van der Waals surface area contributed by atoms with E-state index in [1.54, 1.807) is 0 Å². The van der Waals surface area contributed by atoms with Gasteiger partial charge in [0.1, 0.15) is 5.75 Å². The molecule has 0 bridgehead atoms. The van der Waals surface area contributed by atoms with Crippen molar-refractivity contribution in [2.75, 3.05) is 30.3 Å². The van der Waals surface area contributed by atoms with E-state index in [4.69, 9.17) is 10.5 Å². The molecule has 3 nitrogen and oxygen atoms in total. The van der Waals surface area contributed by atoms with Crippen molar-refractivity contribution in [3.05, 3.63) is 54.1 Å². The summed E-state index contributed by atoms with van der Waals surface area (Å²) in [7, 11) is 0. The van der Waals surface area contributed by atoms with E-state index in [-0.39, 0.29) is 0 Å². The smallest absolute Gasteiger partial charge is 0.142 e. The molecule has 0 radical (unpaired) electrons. The van der Waals surface area contributed by atoms with E-state index in [0.29, 0.717) is 0 Å². The number of para-hydroxylation sites is 2. The van der Waals surface area contributed by atoms with Crippen LogP contribution in [0.1, 0.15) is 18.4 Å². The van der Waals surface area contributed by atoms with Crippen LogP contribution in [0.5, 0.6) is 5.75 Å². The summed E-state index contributed by atoms with van der Waals surface area (Å²) in [6, 6.07) is 16.5. The van der Waals surface area contributed by atoms with Crippen molar-refractivity contribution in [2.24, 2.45) is 0 Å². The van der Waals surface area contributed by atoms with Crippen molar-refractivity contribution in [1.82, 2.24) is 0 Å². The Morgan fingerprint density at radius 3 is 2.71 bits per heavy atom. The number of nitrogen functional groups attached to an aromatic ring is 1. The molecule has 0 unspecified atom stereocenters. The molecule has 21 heavy (non-hydrogen) atoms. The first-order valence-corrected chi connectivity index (χ1v) is 7.64. The average molecular weight is 282 g/mol. The number of hydrogen-bond donors (Lipinski definition) is 1. The van der Waals surface area contributed by atoms with Crippen molar-refractivity contribution in [2.45, 2.75) is 19.3 Å². The van der Waals surface area contributed by atoms with Crippen LogP contribution in [0.15, 0.2) is 48.5 Å². The maximum atomic E-state index is 5.80. The van der Waals surface area contributed by atoms with E-state index in [2.05, 4.69) is 35.2 Å². The summed E-state index contributed by atoms with van der Waals surface area (Å²) in [6.07, 6.45) is 3.30. The number of anilines is 2. The number of fused-ring (bicyclic) bond motifs is 1. The van der Waals surface area contributed by atoms with Gasteiger partial charge in [-0.15, -0.1) is 0 Å². The Bertz CT molecular complexity index is 580. The van der Waals surface area contributed by atoms with Crippen LogP contribution in [0.25, 0.3) is 0 Å². The van der Waals surface area contributed by atoms with Crippen molar-refractivity contribution in [1.29, 1.82) is 0 Å². The quantitative estimate of drug-likeness (QED) is 0.872. The first kappa shape index (κ1) is 13.8. The summed E-state index contributed by atoms with van der Waals surface area (Å²) in [4.78, 5) is 2.44. The van der Waals surface area contributed by atoms with Gasteiger partial charge in [-0.2, -0.15) is 0 Å². The van der Waals surface area contributed by atoms with Gasteiger partial charge in [0.15, 0.2) is 0 Å². The summed E-state index contributed by atoms with van der Waals surface area (Å²) in [5.74, 6) is 1.02. The molecule has 0 saturated carbocycles. The van der Waals surface area contributed by atoms with E-state index in [1.807, 2.05) is 18.2 Å². The number of rotatable bonds is 4. The highest BCUT2D eigenvalue weighted by atomic mass is 16.5. The van der Waals surface area contributed by atoms with Crippen molar-refractivity contribution in [3.8, 4) is 5.75 Å². The number of aryl methyl sites for hydroxylation is 1. The van der Waals surface area contributed by atoms with Gasteiger partial charge in [-0.3, -0.25) is 0 Å². The van der Waals surface area contributed by atoms with Crippen molar-refractivity contribution >= 4 is 11.4 Å². The largest absolute Gasteiger partial charge is 0.491 e. The summed E-state index contributed by atoms with van der Waals surface area (Å²) in [5, 5.41) is 0. The Balaban J connectivity index is 1.61. The van der Waals surface area contributed by atoms with Crippen molar-refractivity contribution in [3.63, 3.8) is 0 Å². The molecule has 3 rings (SSSR count). The third-order valence-corrected chi connectivity index (χ3v) is 3.91. The minimum Gasteiger partial charge on any atom is -0.491 e. The fourth-order valence-corrected chi connectivity index (χ4v) is 2.79. The highest BCUT2D eigenvalue weighted by Gasteiger charge is 2.15. The van der Waals surface area contributed by atoms with Crippen LogP contribution in [-0.4, -0.2) is 19.7 Å². The monoisotopic (exact) mass is 282 g/mol. The molecular formula is C18H22N2O. The molecular weight excluding hydrogens is 260 g/mol. The second-order valence-electron chi connectivity index (χ2n) is 5.50. The highest BCUT2D eigenvalue weighted by Crippen LogP contribution is 2.30. The third kappa shape index (κ3) is 3.48. The summed E-state index contributed by atoms with van der Waals surface area (Å²) < 4.78 is 5.80. The van der Waals surface area contributed by atoms with Crippen LogP contribution in [-0.2, 0) is 6.42 Å². The molecule has 0 saturated heterocycles. The van der Waals surface area contributed by atoms with Gasteiger partial charge in [0, 0.05) is 18.8 Å². The van der Waals surface area contributed by atoms with E-state index in [0.717, 1.165) is 50.4 Å². The maximum absolute atomic E-state index is 5.80. The molecule has 2 aromatic rings. The normalized spacial score (nSPS) is 14.2. The van der Waals surface area contributed by atoms with E-state index >= 15 is 0 Å². The Hall–Kier alpha value is -2.16. The van der Waals surface area contributed by atoms with Gasteiger partial charge >= 0.3 is 0 Å². The predicted octanol–water partition coefficient (Wildman–Crippen LogP) is 3.49. The molecule has 3 heteroatoms. The zero-order chi connectivity index (χ0) is 14.5. The zero-order valence-electron chi connectivity index (χ0n) is 12.3. The van der Waals surface area contributed by atoms with Gasteiger partial charge in [-0.1, -0.05) is 24.3 Å². The topological polar surface area (TPSA) is 38.5 Å². The minimum atomic E-state index is 0.811. The molecule has 110 valence electrons. The lowest BCUT2D eigenvalue weighted by Crippen LogP contribution is -2.25. The van der Waals surface area contributed by atoms with Crippen LogP contribution in [0, 0.1) is 0 Å². The van der Waals surface area contributed by atoms with Gasteiger partial charge < -0.3 is 15.4 Å². The number of ether oxygens (including phenoxy) is 1. The molecule has 0 atom stereocenters. The lowest BCUT2D eigenvalue weighted by atomic mass is 10.1. The number of hydrogen-bond acceptors (Lipinski definition) is 3. The first-order valence-electron chi connectivity index (χ1n) is 7.64. The van der Waals surface area contributed by atoms with Crippen LogP contribution >= 0.6 is 0 Å². The van der Waals surface area contributed by atoms with E-state index in [9.17, 15) is 0 Å². The minimum absolute atomic E-state index is 0.811. The Morgan fingerprint density at radius 1 is 1.05 bits per heavy atom. The molecule has 0 aliphatic carbocycles. The maximum Gasteiger partial charge on any atom is 0.142 e. The molecule has 2 aromatic carbocycles. The van der Waals surface area contributed by atoms with Crippen LogP contribution < -0.4 is 15.4 Å². The zero-order valence-corrected chi connectivity index (χ0v) is 12.3. The SMILES string of the molecule is Nc1ccc(CCCN2CCCOc3ccccc32)cc1. The third-order valence-electron chi connectivity index (χ3n) is 3.91. The molecule has 2 N–H and O–H groups in total. The Kier molecular flexibility index (Phi) is 4.29.